The summed E-state index contributed by atoms with van der Waals surface area (Å²) in [6, 6.07) is 14.8. The molecule has 0 spiro atoms. The standard InChI is InChI=1S/C27H34N2O5/c1-16(2)13-24(26(32)28-23(17(3)4)14-25(30)31)29-27(33)34-15-22-20-11-7-5-9-18(20)19-10-6-8-12-21(19)22/h5-12,16-17,22-24H,13-15H2,1-4H3,(H,28,32)(H,29,33)(H,30,31)/t23-,24?/m1/s1. The molecule has 2 amide bonds. The van der Waals surface area contributed by atoms with Crippen LogP contribution in [0.5, 0.6) is 0 Å². The first-order valence-corrected chi connectivity index (χ1v) is 11.8. The van der Waals surface area contributed by atoms with Crippen molar-refractivity contribution in [3.63, 3.8) is 0 Å². The molecule has 182 valence electrons. The molecule has 0 fully saturated rings. The Morgan fingerprint density at radius 2 is 1.47 bits per heavy atom. The molecule has 0 heterocycles. The van der Waals surface area contributed by atoms with Crippen molar-refractivity contribution < 1.29 is 24.2 Å². The number of carbonyl (C=O) groups is 3. The molecule has 0 saturated heterocycles. The second kappa shape index (κ2) is 11.2. The van der Waals surface area contributed by atoms with E-state index in [1.807, 2.05) is 64.1 Å². The summed E-state index contributed by atoms with van der Waals surface area (Å²) in [6.07, 6.45) is -0.432. The lowest BCUT2D eigenvalue weighted by Gasteiger charge is -2.26. The topological polar surface area (TPSA) is 105 Å². The van der Waals surface area contributed by atoms with E-state index in [1.165, 1.54) is 0 Å². The summed E-state index contributed by atoms with van der Waals surface area (Å²) in [5.74, 6) is -1.38. The third-order valence-electron chi connectivity index (χ3n) is 6.19. The van der Waals surface area contributed by atoms with Crippen molar-refractivity contribution in [3.05, 3.63) is 59.7 Å². The van der Waals surface area contributed by atoms with Crippen molar-refractivity contribution in [2.45, 2.75) is 58.5 Å². The van der Waals surface area contributed by atoms with E-state index in [4.69, 9.17) is 9.84 Å². The van der Waals surface area contributed by atoms with E-state index < -0.39 is 30.1 Å². The van der Waals surface area contributed by atoms with E-state index in [-0.39, 0.29) is 30.8 Å². The van der Waals surface area contributed by atoms with E-state index in [1.54, 1.807) is 0 Å². The van der Waals surface area contributed by atoms with Gasteiger partial charge in [0.15, 0.2) is 0 Å². The maximum absolute atomic E-state index is 12.9. The van der Waals surface area contributed by atoms with Crippen LogP contribution in [0, 0.1) is 11.8 Å². The van der Waals surface area contributed by atoms with E-state index in [0.29, 0.717) is 6.42 Å². The van der Waals surface area contributed by atoms with Crippen LogP contribution >= 0.6 is 0 Å². The van der Waals surface area contributed by atoms with Crippen molar-refractivity contribution >= 4 is 18.0 Å². The van der Waals surface area contributed by atoms with Crippen LogP contribution in [0.2, 0.25) is 0 Å². The Morgan fingerprint density at radius 1 is 0.912 bits per heavy atom. The molecular formula is C27H34N2O5. The highest BCUT2D eigenvalue weighted by Gasteiger charge is 2.30. The van der Waals surface area contributed by atoms with Gasteiger partial charge in [-0.3, -0.25) is 9.59 Å². The number of carboxylic acid groups (broad SMARTS) is 1. The summed E-state index contributed by atoms with van der Waals surface area (Å²) in [4.78, 5) is 36.8. The molecule has 7 heteroatoms. The molecule has 1 unspecified atom stereocenters. The molecule has 2 aromatic carbocycles. The summed E-state index contributed by atoms with van der Waals surface area (Å²) in [5.41, 5.74) is 4.51. The average molecular weight is 467 g/mol. The van der Waals surface area contributed by atoms with Crippen LogP contribution in [0.3, 0.4) is 0 Å². The number of alkyl carbamates (subject to hydrolysis) is 1. The molecule has 0 saturated carbocycles. The van der Waals surface area contributed by atoms with Gasteiger partial charge in [-0.05, 0) is 40.5 Å². The van der Waals surface area contributed by atoms with Crippen LogP contribution in [0.15, 0.2) is 48.5 Å². The summed E-state index contributed by atoms with van der Waals surface area (Å²) >= 11 is 0. The van der Waals surface area contributed by atoms with Gasteiger partial charge < -0.3 is 20.5 Å². The molecule has 0 bridgehead atoms. The fraction of sp³-hybridized carbons (Fsp3) is 0.444. The molecule has 2 atom stereocenters. The Hall–Kier alpha value is -3.35. The van der Waals surface area contributed by atoms with Crippen molar-refractivity contribution in [1.29, 1.82) is 0 Å². The van der Waals surface area contributed by atoms with E-state index >= 15 is 0 Å². The van der Waals surface area contributed by atoms with Gasteiger partial charge in [-0.1, -0.05) is 76.2 Å². The van der Waals surface area contributed by atoms with Crippen LogP contribution < -0.4 is 10.6 Å². The lowest BCUT2D eigenvalue weighted by Crippen LogP contribution is -2.51. The first-order valence-electron chi connectivity index (χ1n) is 11.8. The van der Waals surface area contributed by atoms with Gasteiger partial charge in [-0.25, -0.2) is 4.79 Å². The zero-order valence-corrected chi connectivity index (χ0v) is 20.2. The van der Waals surface area contributed by atoms with Crippen LogP contribution in [0.25, 0.3) is 11.1 Å². The highest BCUT2D eigenvalue weighted by atomic mass is 16.5. The fourth-order valence-electron chi connectivity index (χ4n) is 4.41. The first-order chi connectivity index (χ1) is 16.2. The predicted molar refractivity (Wildman–Crippen MR) is 130 cm³/mol. The lowest BCUT2D eigenvalue weighted by molar-refractivity contribution is -0.138. The SMILES string of the molecule is CC(C)CC(NC(=O)OCC1c2ccccc2-c2ccccc21)C(=O)N[C@H](CC(=O)O)C(C)C. The highest BCUT2D eigenvalue weighted by Crippen LogP contribution is 2.44. The summed E-state index contributed by atoms with van der Waals surface area (Å²) < 4.78 is 5.59. The molecule has 34 heavy (non-hydrogen) atoms. The maximum Gasteiger partial charge on any atom is 0.407 e. The molecular weight excluding hydrogens is 432 g/mol. The van der Waals surface area contributed by atoms with E-state index in [0.717, 1.165) is 22.3 Å². The number of hydrogen-bond acceptors (Lipinski definition) is 4. The predicted octanol–water partition coefficient (Wildman–Crippen LogP) is 4.56. The van der Waals surface area contributed by atoms with Crippen molar-refractivity contribution in [2.24, 2.45) is 11.8 Å². The van der Waals surface area contributed by atoms with Gasteiger partial charge in [0.05, 0.1) is 6.42 Å². The van der Waals surface area contributed by atoms with Crippen molar-refractivity contribution in [1.82, 2.24) is 10.6 Å². The monoisotopic (exact) mass is 466 g/mol. The van der Waals surface area contributed by atoms with Crippen LogP contribution in [0.1, 0.15) is 57.6 Å². The largest absolute Gasteiger partial charge is 0.481 e. The number of nitrogens with one attached hydrogen (secondary N) is 2. The van der Waals surface area contributed by atoms with Gasteiger partial charge in [0, 0.05) is 12.0 Å². The second-order valence-corrected chi connectivity index (χ2v) is 9.61. The Balaban J connectivity index is 1.66. The molecule has 3 N–H and O–H groups in total. The molecule has 7 nitrogen and oxygen atoms in total. The van der Waals surface area contributed by atoms with Gasteiger partial charge in [-0.15, -0.1) is 0 Å². The number of rotatable bonds is 10. The summed E-state index contributed by atoms with van der Waals surface area (Å²) in [7, 11) is 0. The number of fused-ring (bicyclic) bond motifs is 3. The molecule has 0 radical (unpaired) electrons. The molecule has 1 aliphatic carbocycles. The van der Waals surface area contributed by atoms with Crippen molar-refractivity contribution in [2.75, 3.05) is 6.61 Å². The zero-order chi connectivity index (χ0) is 24.8. The average Bonchev–Trinajstić information content (AvgIpc) is 3.10. The minimum absolute atomic E-state index is 0.0609. The number of hydrogen-bond donors (Lipinski definition) is 3. The number of carbonyl (C=O) groups excluding carboxylic acids is 2. The van der Waals surface area contributed by atoms with Crippen LogP contribution in [-0.4, -0.2) is 41.8 Å². The molecule has 2 aromatic rings. The molecule has 0 aliphatic heterocycles. The van der Waals surface area contributed by atoms with Crippen LogP contribution in [-0.2, 0) is 14.3 Å². The lowest BCUT2D eigenvalue weighted by atomic mass is 9.98. The Labute approximate surface area is 200 Å². The van der Waals surface area contributed by atoms with Gasteiger partial charge in [0.25, 0.3) is 0 Å². The van der Waals surface area contributed by atoms with Gasteiger partial charge in [0.1, 0.15) is 12.6 Å². The van der Waals surface area contributed by atoms with Gasteiger partial charge in [0.2, 0.25) is 5.91 Å². The van der Waals surface area contributed by atoms with Crippen molar-refractivity contribution in [3.8, 4) is 11.1 Å². The summed E-state index contributed by atoms with van der Waals surface area (Å²) in [6.45, 7) is 7.77. The maximum atomic E-state index is 12.9. The quantitative estimate of drug-likeness (QED) is 0.476. The Morgan fingerprint density at radius 3 is 1.97 bits per heavy atom. The van der Waals surface area contributed by atoms with Crippen LogP contribution in [0.4, 0.5) is 4.79 Å². The highest BCUT2D eigenvalue weighted by molar-refractivity contribution is 5.86. The fourth-order valence-corrected chi connectivity index (χ4v) is 4.41. The third kappa shape index (κ3) is 6.16. The minimum Gasteiger partial charge on any atom is -0.481 e. The Bertz CT molecular complexity index is 988. The number of amides is 2. The van der Waals surface area contributed by atoms with Gasteiger partial charge >= 0.3 is 12.1 Å². The third-order valence-corrected chi connectivity index (χ3v) is 6.19. The number of benzene rings is 2. The molecule has 0 aromatic heterocycles. The number of ether oxygens (including phenoxy) is 1. The number of carboxylic acids is 1. The number of aliphatic carboxylic acids is 1. The van der Waals surface area contributed by atoms with Gasteiger partial charge in [-0.2, -0.15) is 0 Å². The van der Waals surface area contributed by atoms with E-state index in [2.05, 4.69) is 22.8 Å². The zero-order valence-electron chi connectivity index (χ0n) is 20.2. The normalized spacial score (nSPS) is 14.3. The summed E-state index contributed by atoms with van der Waals surface area (Å²) in [5, 5.41) is 14.6. The second-order valence-electron chi connectivity index (χ2n) is 9.61. The van der Waals surface area contributed by atoms with E-state index in [9.17, 15) is 14.4 Å². The first kappa shape index (κ1) is 25.3. The Kier molecular flexibility index (Phi) is 8.31. The molecule has 1 aliphatic rings. The molecule has 3 rings (SSSR count). The smallest absolute Gasteiger partial charge is 0.407 e. The minimum atomic E-state index is -0.982.